The number of nitrogens with one attached hydrogen (secondary N) is 1. The fourth-order valence-electron chi connectivity index (χ4n) is 2.12. The molecule has 3 N–H and O–H groups in total. The van der Waals surface area contributed by atoms with Gasteiger partial charge in [0.2, 0.25) is 5.91 Å². The van der Waals surface area contributed by atoms with Crippen molar-refractivity contribution in [3.8, 4) is 5.75 Å². The molecule has 0 spiro atoms. The number of benzene rings is 1. The Kier molecular flexibility index (Phi) is 5.57. The molecule has 0 aliphatic heterocycles. The van der Waals surface area contributed by atoms with Crippen LogP contribution in [0.25, 0.3) is 0 Å². The summed E-state index contributed by atoms with van der Waals surface area (Å²) in [4.78, 5) is 11.5. The molecule has 0 aliphatic carbocycles. The van der Waals surface area contributed by atoms with Gasteiger partial charge in [-0.3, -0.25) is 4.79 Å². The number of carbonyl (C=O) groups excluding carboxylic acids is 1. The minimum atomic E-state index is -0.755. The fraction of sp³-hybridized carbons (Fsp3) is 0.562. The third-order valence-electron chi connectivity index (χ3n) is 3.65. The Morgan fingerprint density at radius 3 is 2.55 bits per heavy atom. The molecule has 0 aromatic heterocycles. The van der Waals surface area contributed by atoms with Crippen LogP contribution in [-0.2, 0) is 4.79 Å². The molecule has 1 rings (SSSR count). The van der Waals surface area contributed by atoms with Crippen LogP contribution in [0.3, 0.4) is 0 Å². The summed E-state index contributed by atoms with van der Waals surface area (Å²) in [7, 11) is 1.73. The van der Waals surface area contributed by atoms with Crippen LogP contribution in [0, 0.1) is 0 Å². The van der Waals surface area contributed by atoms with Crippen LogP contribution in [0.1, 0.15) is 45.6 Å². The molecule has 0 heterocycles. The molecular weight excluding hydrogens is 252 g/mol. The number of likely N-dealkylation sites (N-methyl/N-ethyl adjacent to an activating group) is 1. The summed E-state index contributed by atoms with van der Waals surface area (Å²) in [5.74, 6) is 0.917. The first-order chi connectivity index (χ1) is 9.28. The van der Waals surface area contributed by atoms with Crippen LogP contribution in [-0.4, -0.2) is 24.6 Å². The monoisotopic (exact) mass is 278 g/mol. The van der Waals surface area contributed by atoms with Crippen LogP contribution in [0.4, 0.5) is 0 Å². The van der Waals surface area contributed by atoms with Gasteiger partial charge in [-0.25, -0.2) is 0 Å². The number of primary amides is 1. The summed E-state index contributed by atoms with van der Waals surface area (Å²) < 4.78 is 5.91. The average molecular weight is 278 g/mol. The van der Waals surface area contributed by atoms with Gasteiger partial charge in [-0.15, -0.1) is 0 Å². The number of amides is 1. The van der Waals surface area contributed by atoms with E-state index in [2.05, 4.69) is 25.2 Å². The van der Waals surface area contributed by atoms with Gasteiger partial charge in [0.05, 0.1) is 11.6 Å². The van der Waals surface area contributed by atoms with Crippen LogP contribution >= 0.6 is 0 Å². The number of hydrogen-bond donors (Lipinski definition) is 2. The second kappa shape index (κ2) is 6.75. The summed E-state index contributed by atoms with van der Waals surface area (Å²) in [6.45, 7) is 8.03. The van der Waals surface area contributed by atoms with E-state index in [4.69, 9.17) is 10.5 Å². The van der Waals surface area contributed by atoms with Crippen molar-refractivity contribution in [1.82, 2.24) is 5.32 Å². The molecule has 1 aromatic carbocycles. The molecule has 2 unspecified atom stereocenters. The van der Waals surface area contributed by atoms with E-state index < -0.39 is 5.54 Å². The molecule has 0 radical (unpaired) electrons. The number of carbonyl (C=O) groups is 1. The van der Waals surface area contributed by atoms with E-state index in [-0.39, 0.29) is 12.0 Å². The molecule has 0 saturated carbocycles. The maximum absolute atomic E-state index is 11.5. The Balaban J connectivity index is 2.73. The maximum Gasteiger partial charge on any atom is 0.237 e. The van der Waals surface area contributed by atoms with Gasteiger partial charge in [-0.1, -0.05) is 26.0 Å². The van der Waals surface area contributed by atoms with E-state index >= 15 is 0 Å². The lowest BCUT2D eigenvalue weighted by Gasteiger charge is -2.29. The van der Waals surface area contributed by atoms with Gasteiger partial charge in [0.25, 0.3) is 0 Å². The summed E-state index contributed by atoms with van der Waals surface area (Å²) >= 11 is 0. The molecule has 20 heavy (non-hydrogen) atoms. The first-order valence-corrected chi connectivity index (χ1v) is 7.04. The van der Waals surface area contributed by atoms with Crippen molar-refractivity contribution in [3.05, 3.63) is 29.8 Å². The fourth-order valence-corrected chi connectivity index (χ4v) is 2.12. The molecule has 0 fully saturated rings. The van der Waals surface area contributed by atoms with Crippen LogP contribution in [0.2, 0.25) is 0 Å². The average Bonchev–Trinajstić information content (AvgIpc) is 2.38. The minimum Gasteiger partial charge on any atom is -0.491 e. The largest absolute Gasteiger partial charge is 0.491 e. The van der Waals surface area contributed by atoms with E-state index in [1.54, 1.807) is 14.0 Å². The molecule has 0 saturated heterocycles. The van der Waals surface area contributed by atoms with Gasteiger partial charge < -0.3 is 15.8 Å². The Labute approximate surface area is 121 Å². The summed E-state index contributed by atoms with van der Waals surface area (Å²) in [5, 5.41) is 2.97. The minimum absolute atomic E-state index is 0.109. The van der Waals surface area contributed by atoms with Crippen LogP contribution in [0.5, 0.6) is 5.75 Å². The standard InChI is InChI=1S/C16H26N2O2/c1-11(2)13-7-6-8-14(9-13)20-12(3)10-16(4,18-5)15(17)19/h6-9,11-12,18H,10H2,1-5H3,(H2,17,19). The topological polar surface area (TPSA) is 64.3 Å². The second-order valence-electron chi connectivity index (χ2n) is 5.81. The lowest BCUT2D eigenvalue weighted by molar-refractivity contribution is -0.124. The molecule has 4 heteroatoms. The molecule has 112 valence electrons. The number of rotatable bonds is 7. The molecule has 0 aliphatic rings. The molecule has 4 nitrogen and oxygen atoms in total. The number of nitrogens with two attached hydrogens (primary N) is 1. The van der Waals surface area contributed by atoms with Crippen molar-refractivity contribution < 1.29 is 9.53 Å². The molecular formula is C16H26N2O2. The highest BCUT2D eigenvalue weighted by atomic mass is 16.5. The third-order valence-corrected chi connectivity index (χ3v) is 3.65. The Hall–Kier alpha value is -1.55. The van der Waals surface area contributed by atoms with Crippen molar-refractivity contribution in [1.29, 1.82) is 0 Å². The molecule has 0 bridgehead atoms. The van der Waals surface area contributed by atoms with Crippen molar-refractivity contribution >= 4 is 5.91 Å². The number of ether oxygens (including phenoxy) is 1. The molecule has 2 atom stereocenters. The first-order valence-electron chi connectivity index (χ1n) is 7.04. The lowest BCUT2D eigenvalue weighted by atomic mass is 9.94. The smallest absolute Gasteiger partial charge is 0.237 e. The van der Waals surface area contributed by atoms with Crippen molar-refractivity contribution in [3.63, 3.8) is 0 Å². The van der Waals surface area contributed by atoms with E-state index in [1.165, 1.54) is 5.56 Å². The number of hydrogen-bond acceptors (Lipinski definition) is 3. The van der Waals surface area contributed by atoms with E-state index in [9.17, 15) is 4.79 Å². The van der Waals surface area contributed by atoms with E-state index in [1.807, 2.05) is 25.1 Å². The van der Waals surface area contributed by atoms with Crippen molar-refractivity contribution in [2.45, 2.75) is 51.7 Å². The van der Waals surface area contributed by atoms with Crippen molar-refractivity contribution in [2.24, 2.45) is 5.73 Å². The van der Waals surface area contributed by atoms with Gasteiger partial charge in [0.15, 0.2) is 0 Å². The van der Waals surface area contributed by atoms with Gasteiger partial charge in [-0.2, -0.15) is 0 Å². The zero-order chi connectivity index (χ0) is 15.3. The Morgan fingerprint density at radius 1 is 1.40 bits per heavy atom. The Morgan fingerprint density at radius 2 is 2.05 bits per heavy atom. The van der Waals surface area contributed by atoms with Crippen LogP contribution < -0.4 is 15.8 Å². The van der Waals surface area contributed by atoms with Gasteiger partial charge in [0.1, 0.15) is 5.75 Å². The normalized spacial score (nSPS) is 15.7. The van der Waals surface area contributed by atoms with E-state index in [0.717, 1.165) is 5.75 Å². The highest BCUT2D eigenvalue weighted by molar-refractivity contribution is 5.84. The zero-order valence-corrected chi connectivity index (χ0v) is 13.1. The summed E-state index contributed by atoms with van der Waals surface area (Å²) in [6, 6.07) is 8.05. The van der Waals surface area contributed by atoms with Gasteiger partial charge in [-0.05, 0) is 44.5 Å². The quantitative estimate of drug-likeness (QED) is 0.805. The first kappa shape index (κ1) is 16.5. The third kappa shape index (κ3) is 4.23. The van der Waals surface area contributed by atoms with Gasteiger partial charge in [0, 0.05) is 6.42 Å². The Bertz CT molecular complexity index is 460. The zero-order valence-electron chi connectivity index (χ0n) is 13.1. The predicted molar refractivity (Wildman–Crippen MR) is 81.9 cm³/mol. The van der Waals surface area contributed by atoms with Crippen molar-refractivity contribution in [2.75, 3.05) is 7.05 Å². The highest BCUT2D eigenvalue weighted by Gasteiger charge is 2.31. The lowest BCUT2D eigenvalue weighted by Crippen LogP contribution is -2.53. The highest BCUT2D eigenvalue weighted by Crippen LogP contribution is 2.23. The van der Waals surface area contributed by atoms with E-state index in [0.29, 0.717) is 12.3 Å². The predicted octanol–water partition coefficient (Wildman–Crippen LogP) is 2.43. The molecule has 1 aromatic rings. The summed E-state index contributed by atoms with van der Waals surface area (Å²) in [6.07, 6.45) is 0.410. The summed E-state index contributed by atoms with van der Waals surface area (Å²) in [5.41, 5.74) is 5.91. The second-order valence-corrected chi connectivity index (χ2v) is 5.81. The van der Waals surface area contributed by atoms with Gasteiger partial charge >= 0.3 is 0 Å². The SMILES string of the molecule is CNC(C)(CC(C)Oc1cccc(C(C)C)c1)C(N)=O. The molecule has 1 amide bonds. The van der Waals surface area contributed by atoms with Crippen LogP contribution in [0.15, 0.2) is 24.3 Å². The maximum atomic E-state index is 11.5.